The van der Waals surface area contributed by atoms with Crippen LogP contribution in [0.4, 0.5) is 0 Å². The molecule has 0 amide bonds. The van der Waals surface area contributed by atoms with Gasteiger partial charge in [0.05, 0.1) is 28.0 Å². The van der Waals surface area contributed by atoms with Crippen LogP contribution in [0.1, 0.15) is 23.9 Å². The van der Waals surface area contributed by atoms with Crippen molar-refractivity contribution in [2.75, 3.05) is 0 Å². The minimum atomic E-state index is -0.213. The van der Waals surface area contributed by atoms with Gasteiger partial charge in [-0.1, -0.05) is 34.8 Å². The molecule has 0 bridgehead atoms. The van der Waals surface area contributed by atoms with Crippen LogP contribution in [0.5, 0.6) is 5.75 Å². The van der Waals surface area contributed by atoms with E-state index < -0.39 is 0 Å². The molecule has 0 radical (unpaired) electrons. The highest BCUT2D eigenvalue weighted by atomic mass is 35.5. The molecule has 0 aliphatic heterocycles. The zero-order chi connectivity index (χ0) is 15.6. The number of aromatic nitrogens is 2. The Bertz CT molecular complexity index is 656. The monoisotopic (exact) mass is 348 g/mol. The zero-order valence-corrected chi connectivity index (χ0v) is 13.9. The van der Waals surface area contributed by atoms with E-state index in [2.05, 4.69) is 5.10 Å². The molecule has 1 aromatic heterocycles. The second-order valence-electron chi connectivity index (χ2n) is 4.48. The van der Waals surface area contributed by atoms with Crippen LogP contribution in [0.2, 0.25) is 15.1 Å². The summed E-state index contributed by atoms with van der Waals surface area (Å²) in [5, 5.41) is 15.1. The highest BCUT2D eigenvalue weighted by Gasteiger charge is 2.16. The van der Waals surface area contributed by atoms with Gasteiger partial charge in [0.1, 0.15) is 12.4 Å². The lowest BCUT2D eigenvalue weighted by Crippen LogP contribution is -2.07. The summed E-state index contributed by atoms with van der Waals surface area (Å²) in [6.07, 6.45) is 0. The number of rotatable bonds is 5. The molecule has 0 atom stereocenters. The van der Waals surface area contributed by atoms with Crippen molar-refractivity contribution < 1.29 is 9.84 Å². The van der Waals surface area contributed by atoms with Crippen molar-refractivity contribution in [1.82, 2.24) is 9.78 Å². The summed E-state index contributed by atoms with van der Waals surface area (Å²) in [6, 6.07) is 3.19. The molecular formula is C14H15Cl3N2O2. The van der Waals surface area contributed by atoms with Crippen LogP contribution in [-0.4, -0.2) is 14.9 Å². The fourth-order valence-corrected chi connectivity index (χ4v) is 2.82. The van der Waals surface area contributed by atoms with Crippen LogP contribution >= 0.6 is 34.8 Å². The second-order valence-corrected chi connectivity index (χ2v) is 5.71. The molecule has 4 nitrogen and oxygen atoms in total. The maximum absolute atomic E-state index is 9.38. The van der Waals surface area contributed by atoms with Gasteiger partial charge in [-0.3, -0.25) is 4.68 Å². The molecule has 0 aliphatic rings. The van der Waals surface area contributed by atoms with E-state index >= 15 is 0 Å². The van der Waals surface area contributed by atoms with Gasteiger partial charge in [-0.2, -0.15) is 5.10 Å². The number of hydrogen-bond acceptors (Lipinski definition) is 3. The lowest BCUT2D eigenvalue weighted by atomic mass is 10.2. The fraction of sp³-hybridized carbons (Fsp3) is 0.357. The normalized spacial score (nSPS) is 11.0. The van der Waals surface area contributed by atoms with E-state index in [4.69, 9.17) is 39.5 Å². The summed E-state index contributed by atoms with van der Waals surface area (Å²) >= 11 is 18.3. The lowest BCUT2D eigenvalue weighted by Gasteiger charge is -2.13. The number of nitrogens with zero attached hydrogens (tertiary/aromatic N) is 2. The summed E-state index contributed by atoms with van der Waals surface area (Å²) < 4.78 is 7.52. The van der Waals surface area contributed by atoms with Crippen LogP contribution in [0.25, 0.3) is 0 Å². The molecule has 114 valence electrons. The minimum absolute atomic E-state index is 0.210. The lowest BCUT2D eigenvalue weighted by molar-refractivity contribution is 0.255. The van der Waals surface area contributed by atoms with Gasteiger partial charge in [0.15, 0.2) is 0 Å². The van der Waals surface area contributed by atoms with Gasteiger partial charge < -0.3 is 9.84 Å². The number of hydrogen-bond donors (Lipinski definition) is 1. The molecule has 0 spiro atoms. The molecule has 21 heavy (non-hydrogen) atoms. The average molecular weight is 350 g/mol. The van der Waals surface area contributed by atoms with Gasteiger partial charge in [0, 0.05) is 17.1 Å². The summed E-state index contributed by atoms with van der Waals surface area (Å²) in [7, 11) is 0. The Morgan fingerprint density at radius 3 is 2.62 bits per heavy atom. The molecule has 0 fully saturated rings. The van der Waals surface area contributed by atoms with Crippen molar-refractivity contribution in [2.45, 2.75) is 33.6 Å². The van der Waals surface area contributed by atoms with Gasteiger partial charge in [-0.25, -0.2) is 0 Å². The molecule has 7 heteroatoms. The van der Waals surface area contributed by atoms with Gasteiger partial charge in [0.2, 0.25) is 0 Å². The largest absolute Gasteiger partial charge is 0.485 e. The quantitative estimate of drug-likeness (QED) is 0.878. The van der Waals surface area contributed by atoms with Crippen LogP contribution in [0.15, 0.2) is 12.1 Å². The first-order chi connectivity index (χ1) is 9.97. The van der Waals surface area contributed by atoms with E-state index in [-0.39, 0.29) is 13.2 Å². The van der Waals surface area contributed by atoms with Crippen LogP contribution < -0.4 is 4.74 Å². The van der Waals surface area contributed by atoms with Gasteiger partial charge in [-0.05, 0) is 26.0 Å². The van der Waals surface area contributed by atoms with E-state index in [9.17, 15) is 5.11 Å². The predicted octanol–water partition coefficient (Wildman–Crippen LogP) is 4.24. The maximum Gasteiger partial charge on any atom is 0.144 e. The third kappa shape index (κ3) is 3.46. The van der Waals surface area contributed by atoms with E-state index in [1.807, 2.05) is 13.8 Å². The Labute approximate surface area is 138 Å². The van der Waals surface area contributed by atoms with E-state index in [1.165, 1.54) is 0 Å². The molecular weight excluding hydrogens is 335 g/mol. The highest BCUT2D eigenvalue weighted by Crippen LogP contribution is 2.33. The Kier molecular flexibility index (Phi) is 5.38. The molecule has 2 rings (SSSR count). The Morgan fingerprint density at radius 2 is 2.00 bits per heavy atom. The molecule has 1 heterocycles. The molecule has 0 aliphatic carbocycles. The number of aliphatic hydroxyl groups excluding tert-OH is 1. The molecule has 0 saturated heterocycles. The van der Waals surface area contributed by atoms with E-state index in [0.29, 0.717) is 32.9 Å². The van der Waals surface area contributed by atoms with Crippen molar-refractivity contribution >= 4 is 34.8 Å². The standard InChI is InChI=1S/C14H15Cl3N2O2/c1-3-19-12(13(17)8(2)18-19)7-21-14-9(6-20)4-10(15)5-11(14)16/h4-5,20H,3,6-7H2,1-2H3. The van der Waals surface area contributed by atoms with Crippen molar-refractivity contribution in [3.63, 3.8) is 0 Å². The highest BCUT2D eigenvalue weighted by molar-refractivity contribution is 6.35. The van der Waals surface area contributed by atoms with Gasteiger partial charge >= 0.3 is 0 Å². The molecule has 1 aromatic carbocycles. The van der Waals surface area contributed by atoms with Crippen LogP contribution in [-0.2, 0) is 19.8 Å². The predicted molar refractivity (Wildman–Crippen MR) is 84.4 cm³/mol. The molecule has 1 N–H and O–H groups in total. The smallest absolute Gasteiger partial charge is 0.144 e. The van der Waals surface area contributed by atoms with Gasteiger partial charge in [0.25, 0.3) is 0 Å². The summed E-state index contributed by atoms with van der Waals surface area (Å²) in [5.74, 6) is 0.404. The van der Waals surface area contributed by atoms with Crippen molar-refractivity contribution in [1.29, 1.82) is 0 Å². The zero-order valence-electron chi connectivity index (χ0n) is 11.7. The Hall–Kier alpha value is -0.940. The summed E-state index contributed by atoms with van der Waals surface area (Å²) in [5.41, 5.74) is 2.05. The molecule has 0 saturated carbocycles. The van der Waals surface area contributed by atoms with Crippen molar-refractivity contribution in [3.05, 3.63) is 44.2 Å². The summed E-state index contributed by atoms with van der Waals surface area (Å²) in [6.45, 7) is 4.50. The average Bonchev–Trinajstić information content (AvgIpc) is 2.72. The number of aliphatic hydroxyl groups is 1. The van der Waals surface area contributed by atoms with E-state index in [0.717, 1.165) is 11.4 Å². The number of aryl methyl sites for hydroxylation is 2. The fourth-order valence-electron chi connectivity index (χ4n) is 2.04. The Balaban J connectivity index is 2.29. The summed E-state index contributed by atoms with van der Waals surface area (Å²) in [4.78, 5) is 0. The topological polar surface area (TPSA) is 47.3 Å². The second kappa shape index (κ2) is 6.88. The Morgan fingerprint density at radius 1 is 1.29 bits per heavy atom. The molecule has 0 unspecified atom stereocenters. The van der Waals surface area contributed by atoms with E-state index in [1.54, 1.807) is 16.8 Å². The molecule has 2 aromatic rings. The van der Waals surface area contributed by atoms with Crippen LogP contribution in [0, 0.1) is 6.92 Å². The van der Waals surface area contributed by atoms with Crippen molar-refractivity contribution in [3.8, 4) is 5.75 Å². The first-order valence-corrected chi connectivity index (χ1v) is 7.54. The van der Waals surface area contributed by atoms with Crippen molar-refractivity contribution in [2.24, 2.45) is 0 Å². The minimum Gasteiger partial charge on any atom is -0.485 e. The first-order valence-electron chi connectivity index (χ1n) is 6.41. The maximum atomic E-state index is 9.38. The van der Waals surface area contributed by atoms with Gasteiger partial charge in [-0.15, -0.1) is 0 Å². The van der Waals surface area contributed by atoms with Crippen LogP contribution in [0.3, 0.4) is 0 Å². The third-order valence-corrected chi connectivity index (χ3v) is 4.05. The number of halogens is 3. The number of ether oxygens (including phenoxy) is 1. The SMILES string of the molecule is CCn1nc(C)c(Cl)c1COc1c(Cl)cc(Cl)cc1CO. The third-order valence-electron chi connectivity index (χ3n) is 3.06. The first kappa shape index (κ1) is 16.4. The number of benzene rings is 1.